The molecule has 11 heavy (non-hydrogen) atoms. The molecule has 62 valence electrons. The molecule has 0 saturated heterocycles. The van der Waals surface area contributed by atoms with Crippen LogP contribution in [0, 0.1) is 13.8 Å². The predicted octanol–water partition coefficient (Wildman–Crippen LogP) is 1.58. The van der Waals surface area contributed by atoms with Gasteiger partial charge in [-0.3, -0.25) is 4.98 Å². The third kappa shape index (κ3) is 2.87. The Bertz CT molecular complexity index is 215. The van der Waals surface area contributed by atoms with E-state index in [0.717, 1.165) is 17.0 Å². The summed E-state index contributed by atoms with van der Waals surface area (Å²) in [6.07, 6.45) is 0. The van der Waals surface area contributed by atoms with Crippen molar-refractivity contribution in [2.45, 2.75) is 20.4 Å². The van der Waals surface area contributed by atoms with Gasteiger partial charge >= 0.3 is 0 Å². The molecule has 1 aromatic heterocycles. The van der Waals surface area contributed by atoms with Crippen LogP contribution >= 0.6 is 12.4 Å². The summed E-state index contributed by atoms with van der Waals surface area (Å²) in [6, 6.07) is 4.01. The van der Waals surface area contributed by atoms with Crippen LogP contribution < -0.4 is 5.73 Å². The Balaban J connectivity index is 0.000001000. The quantitative estimate of drug-likeness (QED) is 0.699. The van der Waals surface area contributed by atoms with Crippen molar-refractivity contribution in [3.63, 3.8) is 0 Å². The van der Waals surface area contributed by atoms with Gasteiger partial charge in [-0.25, -0.2) is 0 Å². The number of halogens is 1. The number of hydrogen-bond acceptors (Lipinski definition) is 2. The lowest BCUT2D eigenvalue weighted by Crippen LogP contribution is -1.98. The summed E-state index contributed by atoms with van der Waals surface area (Å²) in [4.78, 5) is 4.23. The van der Waals surface area contributed by atoms with Crippen LogP contribution in [0.25, 0.3) is 0 Å². The van der Waals surface area contributed by atoms with Crippen LogP contribution in [-0.4, -0.2) is 4.98 Å². The van der Waals surface area contributed by atoms with Crippen LogP contribution in [0.15, 0.2) is 12.1 Å². The number of hydrogen-bond donors (Lipinski definition) is 1. The number of pyridine rings is 1. The molecule has 0 radical (unpaired) electrons. The van der Waals surface area contributed by atoms with Crippen LogP contribution in [0.3, 0.4) is 0 Å². The SMILES string of the molecule is Cc1cc(CN)cc(C)n1.Cl. The Morgan fingerprint density at radius 2 is 1.73 bits per heavy atom. The monoisotopic (exact) mass is 172 g/mol. The number of aromatic nitrogens is 1. The van der Waals surface area contributed by atoms with Gasteiger partial charge in [-0.2, -0.15) is 0 Å². The third-order valence-corrected chi connectivity index (χ3v) is 1.38. The molecule has 0 saturated carbocycles. The molecule has 2 N–H and O–H groups in total. The van der Waals surface area contributed by atoms with Crippen LogP contribution in [0.5, 0.6) is 0 Å². The van der Waals surface area contributed by atoms with Crippen molar-refractivity contribution in [2.24, 2.45) is 5.73 Å². The Labute approximate surface area is 73.2 Å². The van der Waals surface area contributed by atoms with E-state index >= 15 is 0 Å². The minimum absolute atomic E-state index is 0. The van der Waals surface area contributed by atoms with Crippen LogP contribution in [-0.2, 0) is 6.54 Å². The smallest absolute Gasteiger partial charge is 0.0379 e. The molecule has 0 aromatic carbocycles. The lowest BCUT2D eigenvalue weighted by Gasteiger charge is -1.99. The first-order valence-electron chi connectivity index (χ1n) is 3.36. The average Bonchev–Trinajstić information content (AvgIpc) is 1.85. The van der Waals surface area contributed by atoms with Gasteiger partial charge in [0.2, 0.25) is 0 Å². The molecule has 3 heteroatoms. The van der Waals surface area contributed by atoms with E-state index in [-0.39, 0.29) is 12.4 Å². The highest BCUT2D eigenvalue weighted by Crippen LogP contribution is 2.02. The first kappa shape index (κ1) is 10.4. The van der Waals surface area contributed by atoms with Crippen molar-refractivity contribution in [1.29, 1.82) is 0 Å². The van der Waals surface area contributed by atoms with Gasteiger partial charge in [-0.1, -0.05) is 0 Å². The number of nitrogens with zero attached hydrogens (tertiary/aromatic N) is 1. The molecular weight excluding hydrogens is 160 g/mol. The lowest BCUT2D eigenvalue weighted by atomic mass is 10.2. The fraction of sp³-hybridized carbons (Fsp3) is 0.375. The van der Waals surface area contributed by atoms with Gasteiger partial charge in [-0.05, 0) is 31.5 Å². The Kier molecular flexibility index (Phi) is 4.08. The van der Waals surface area contributed by atoms with Gasteiger partial charge in [-0.15, -0.1) is 12.4 Å². The molecule has 0 amide bonds. The summed E-state index contributed by atoms with van der Waals surface area (Å²) >= 11 is 0. The molecule has 0 aliphatic carbocycles. The molecular formula is C8H13ClN2. The van der Waals surface area contributed by atoms with Gasteiger partial charge in [0.15, 0.2) is 0 Å². The fourth-order valence-corrected chi connectivity index (χ4v) is 1.04. The molecule has 1 heterocycles. The molecule has 0 fully saturated rings. The van der Waals surface area contributed by atoms with Crippen molar-refractivity contribution < 1.29 is 0 Å². The first-order valence-corrected chi connectivity index (χ1v) is 3.36. The highest BCUT2D eigenvalue weighted by molar-refractivity contribution is 5.85. The van der Waals surface area contributed by atoms with Crippen LogP contribution in [0.2, 0.25) is 0 Å². The molecule has 2 nitrogen and oxygen atoms in total. The zero-order valence-electron chi connectivity index (χ0n) is 6.79. The highest BCUT2D eigenvalue weighted by atomic mass is 35.5. The largest absolute Gasteiger partial charge is 0.326 e. The van der Waals surface area contributed by atoms with E-state index in [0.29, 0.717) is 6.54 Å². The molecule has 0 spiro atoms. The second-order valence-corrected chi connectivity index (χ2v) is 2.46. The molecule has 0 atom stereocenters. The van der Waals surface area contributed by atoms with Crippen molar-refractivity contribution in [3.05, 3.63) is 29.1 Å². The minimum Gasteiger partial charge on any atom is -0.326 e. The van der Waals surface area contributed by atoms with Crippen molar-refractivity contribution >= 4 is 12.4 Å². The van der Waals surface area contributed by atoms with Crippen LogP contribution in [0.4, 0.5) is 0 Å². The van der Waals surface area contributed by atoms with Gasteiger partial charge in [0, 0.05) is 17.9 Å². The average molecular weight is 173 g/mol. The number of nitrogens with two attached hydrogens (primary N) is 1. The van der Waals surface area contributed by atoms with E-state index < -0.39 is 0 Å². The van der Waals surface area contributed by atoms with Gasteiger partial charge in [0.25, 0.3) is 0 Å². The summed E-state index contributed by atoms with van der Waals surface area (Å²) in [5, 5.41) is 0. The number of aryl methyl sites for hydroxylation is 2. The number of rotatable bonds is 1. The van der Waals surface area contributed by atoms with E-state index in [9.17, 15) is 0 Å². The summed E-state index contributed by atoms with van der Waals surface area (Å²) in [5.41, 5.74) is 8.70. The molecule has 0 unspecified atom stereocenters. The van der Waals surface area contributed by atoms with E-state index in [2.05, 4.69) is 4.98 Å². The summed E-state index contributed by atoms with van der Waals surface area (Å²) in [7, 11) is 0. The molecule has 0 bridgehead atoms. The van der Waals surface area contributed by atoms with Crippen molar-refractivity contribution in [1.82, 2.24) is 4.98 Å². The fourth-order valence-electron chi connectivity index (χ4n) is 1.04. The standard InChI is InChI=1S/C8H12N2.ClH/c1-6-3-8(5-9)4-7(2)10-6;/h3-4H,5,9H2,1-2H3;1H. The summed E-state index contributed by atoms with van der Waals surface area (Å²) in [6.45, 7) is 4.56. The maximum absolute atomic E-state index is 5.46. The normalized spacial score (nSPS) is 9.00. The van der Waals surface area contributed by atoms with Gasteiger partial charge in [0.05, 0.1) is 0 Å². The molecule has 1 rings (SSSR count). The zero-order chi connectivity index (χ0) is 7.56. The lowest BCUT2D eigenvalue weighted by molar-refractivity contribution is 1.02. The Morgan fingerprint density at radius 1 is 1.27 bits per heavy atom. The summed E-state index contributed by atoms with van der Waals surface area (Å²) in [5.74, 6) is 0. The topological polar surface area (TPSA) is 38.9 Å². The van der Waals surface area contributed by atoms with Crippen molar-refractivity contribution in [3.8, 4) is 0 Å². The molecule has 1 aromatic rings. The summed E-state index contributed by atoms with van der Waals surface area (Å²) < 4.78 is 0. The molecule has 0 aliphatic rings. The Morgan fingerprint density at radius 3 is 2.09 bits per heavy atom. The first-order chi connectivity index (χ1) is 4.72. The van der Waals surface area contributed by atoms with Crippen LogP contribution in [0.1, 0.15) is 17.0 Å². The van der Waals surface area contributed by atoms with Gasteiger partial charge in [0.1, 0.15) is 0 Å². The maximum Gasteiger partial charge on any atom is 0.0379 e. The van der Waals surface area contributed by atoms with E-state index in [4.69, 9.17) is 5.73 Å². The minimum atomic E-state index is 0. The molecule has 0 aliphatic heterocycles. The van der Waals surface area contributed by atoms with E-state index in [1.54, 1.807) is 0 Å². The Hall–Kier alpha value is -0.600. The second kappa shape index (κ2) is 4.31. The van der Waals surface area contributed by atoms with Crippen molar-refractivity contribution in [2.75, 3.05) is 0 Å². The second-order valence-electron chi connectivity index (χ2n) is 2.46. The third-order valence-electron chi connectivity index (χ3n) is 1.38. The zero-order valence-corrected chi connectivity index (χ0v) is 7.61. The maximum atomic E-state index is 5.46. The van der Waals surface area contributed by atoms with Gasteiger partial charge < -0.3 is 5.73 Å². The van der Waals surface area contributed by atoms with E-state index in [1.807, 2.05) is 26.0 Å². The van der Waals surface area contributed by atoms with E-state index in [1.165, 1.54) is 0 Å². The predicted molar refractivity (Wildman–Crippen MR) is 48.9 cm³/mol. The highest BCUT2D eigenvalue weighted by Gasteiger charge is 1.92.